The molecule has 0 N–H and O–H groups in total. The van der Waals surface area contributed by atoms with Crippen LogP contribution in [0.5, 0.6) is 5.75 Å². The molecule has 0 radical (unpaired) electrons. The molecule has 0 bridgehead atoms. The fourth-order valence-corrected chi connectivity index (χ4v) is 2.35. The predicted molar refractivity (Wildman–Crippen MR) is 86.6 cm³/mol. The Morgan fingerprint density at radius 3 is 2.54 bits per heavy atom. The van der Waals surface area contributed by atoms with Gasteiger partial charge in [0, 0.05) is 0 Å². The Hall–Kier alpha value is -2.54. The second-order valence-corrected chi connectivity index (χ2v) is 5.03. The summed E-state index contributed by atoms with van der Waals surface area (Å²) in [7, 11) is 2.51. The van der Waals surface area contributed by atoms with Crippen molar-refractivity contribution in [2.24, 2.45) is 0 Å². The molecule has 0 fully saturated rings. The number of carbonyl (C=O) groups is 2. The van der Waals surface area contributed by atoms with Crippen molar-refractivity contribution < 1.29 is 28.5 Å². The lowest BCUT2D eigenvalue weighted by molar-refractivity contribution is -0.140. The van der Waals surface area contributed by atoms with Gasteiger partial charge in [0.15, 0.2) is 0 Å². The number of anilines is 1. The first-order valence-electron chi connectivity index (χ1n) is 7.60. The van der Waals surface area contributed by atoms with E-state index in [0.29, 0.717) is 18.0 Å². The standard InChI is InChI=1S/C17H21NO6/c1-4-9-24-14-8-6-5-7-13(14)18-11-23-10-12(16(19)21-2)15(18)17(20)22-3/h5-8H,4,9-11H2,1-3H3. The number of methoxy groups -OCH3 is 2. The van der Waals surface area contributed by atoms with Crippen LogP contribution in [0.4, 0.5) is 5.69 Å². The molecule has 0 atom stereocenters. The van der Waals surface area contributed by atoms with Crippen molar-refractivity contribution >= 4 is 17.6 Å². The van der Waals surface area contributed by atoms with E-state index in [-0.39, 0.29) is 24.6 Å². The minimum Gasteiger partial charge on any atom is -0.491 e. The van der Waals surface area contributed by atoms with E-state index in [9.17, 15) is 9.59 Å². The highest BCUT2D eigenvalue weighted by molar-refractivity contribution is 6.03. The van der Waals surface area contributed by atoms with Gasteiger partial charge < -0.3 is 23.8 Å². The van der Waals surface area contributed by atoms with Crippen LogP contribution in [0, 0.1) is 0 Å². The van der Waals surface area contributed by atoms with E-state index < -0.39 is 11.9 Å². The van der Waals surface area contributed by atoms with Crippen molar-refractivity contribution in [3.05, 3.63) is 35.5 Å². The monoisotopic (exact) mass is 335 g/mol. The number of esters is 2. The summed E-state index contributed by atoms with van der Waals surface area (Å²) in [6.45, 7) is 2.61. The van der Waals surface area contributed by atoms with Gasteiger partial charge in [0.1, 0.15) is 18.2 Å². The summed E-state index contributed by atoms with van der Waals surface area (Å²) in [5, 5.41) is 0. The molecular weight excluding hydrogens is 314 g/mol. The van der Waals surface area contributed by atoms with E-state index in [1.807, 2.05) is 19.1 Å². The van der Waals surface area contributed by atoms with Crippen LogP contribution < -0.4 is 9.64 Å². The summed E-state index contributed by atoms with van der Waals surface area (Å²) in [6.07, 6.45) is 0.845. The molecule has 0 amide bonds. The second-order valence-electron chi connectivity index (χ2n) is 5.03. The van der Waals surface area contributed by atoms with E-state index in [2.05, 4.69) is 0 Å². The minimum absolute atomic E-state index is 0.0222. The Kier molecular flexibility index (Phi) is 6.20. The normalized spacial score (nSPS) is 14.4. The summed E-state index contributed by atoms with van der Waals surface area (Å²) in [5.41, 5.74) is 0.830. The number of ether oxygens (including phenoxy) is 4. The Morgan fingerprint density at radius 1 is 1.17 bits per heavy atom. The molecule has 1 aromatic carbocycles. The molecule has 1 aromatic rings. The molecule has 0 aliphatic carbocycles. The van der Waals surface area contributed by atoms with Crippen molar-refractivity contribution in [2.75, 3.05) is 39.1 Å². The summed E-state index contributed by atoms with van der Waals surface area (Å²) in [6, 6.07) is 7.24. The zero-order valence-corrected chi connectivity index (χ0v) is 14.0. The first kappa shape index (κ1) is 17.8. The van der Waals surface area contributed by atoms with Crippen LogP contribution in [0.1, 0.15) is 13.3 Å². The molecule has 0 aromatic heterocycles. The highest BCUT2D eigenvalue weighted by Gasteiger charge is 2.33. The zero-order chi connectivity index (χ0) is 17.5. The van der Waals surface area contributed by atoms with Gasteiger partial charge in [-0.2, -0.15) is 0 Å². The van der Waals surface area contributed by atoms with E-state index in [0.717, 1.165) is 6.42 Å². The fourth-order valence-electron chi connectivity index (χ4n) is 2.35. The lowest BCUT2D eigenvalue weighted by Gasteiger charge is -2.32. The van der Waals surface area contributed by atoms with Crippen molar-refractivity contribution in [3.63, 3.8) is 0 Å². The Bertz CT molecular complexity index is 640. The molecule has 24 heavy (non-hydrogen) atoms. The van der Waals surface area contributed by atoms with E-state index in [4.69, 9.17) is 18.9 Å². The van der Waals surface area contributed by atoms with E-state index >= 15 is 0 Å². The molecular formula is C17H21NO6. The highest BCUT2D eigenvalue weighted by atomic mass is 16.5. The lowest BCUT2D eigenvalue weighted by atomic mass is 10.1. The lowest BCUT2D eigenvalue weighted by Crippen LogP contribution is -2.39. The van der Waals surface area contributed by atoms with E-state index in [1.165, 1.54) is 14.2 Å². The van der Waals surface area contributed by atoms with Crippen molar-refractivity contribution in [1.29, 1.82) is 0 Å². The van der Waals surface area contributed by atoms with Gasteiger partial charge in [-0.15, -0.1) is 0 Å². The van der Waals surface area contributed by atoms with Gasteiger partial charge in [0.25, 0.3) is 0 Å². The average molecular weight is 335 g/mol. The quantitative estimate of drug-likeness (QED) is 0.735. The van der Waals surface area contributed by atoms with E-state index in [1.54, 1.807) is 17.0 Å². The minimum atomic E-state index is -0.635. The Balaban J connectivity index is 2.51. The Labute approximate surface area is 140 Å². The van der Waals surface area contributed by atoms with Crippen LogP contribution in [-0.4, -0.2) is 46.1 Å². The maximum absolute atomic E-state index is 12.3. The van der Waals surface area contributed by atoms with Gasteiger partial charge in [-0.3, -0.25) is 0 Å². The second kappa shape index (κ2) is 8.35. The van der Waals surface area contributed by atoms with Crippen molar-refractivity contribution in [3.8, 4) is 5.75 Å². The van der Waals surface area contributed by atoms with Gasteiger partial charge >= 0.3 is 11.9 Å². The topological polar surface area (TPSA) is 74.3 Å². The van der Waals surface area contributed by atoms with Crippen LogP contribution >= 0.6 is 0 Å². The molecule has 0 saturated heterocycles. The van der Waals surface area contributed by atoms with Crippen LogP contribution in [-0.2, 0) is 23.8 Å². The highest BCUT2D eigenvalue weighted by Crippen LogP contribution is 2.34. The third-order valence-corrected chi connectivity index (χ3v) is 3.45. The van der Waals surface area contributed by atoms with Crippen LogP contribution in [0.15, 0.2) is 35.5 Å². The van der Waals surface area contributed by atoms with Gasteiger partial charge in [0.2, 0.25) is 0 Å². The number of rotatable bonds is 6. The zero-order valence-electron chi connectivity index (χ0n) is 14.0. The molecule has 1 aliphatic rings. The average Bonchev–Trinajstić information content (AvgIpc) is 2.64. The third kappa shape index (κ3) is 3.68. The third-order valence-electron chi connectivity index (χ3n) is 3.45. The Morgan fingerprint density at radius 2 is 1.88 bits per heavy atom. The molecule has 0 unspecified atom stereocenters. The molecule has 7 heteroatoms. The van der Waals surface area contributed by atoms with Crippen molar-refractivity contribution in [2.45, 2.75) is 13.3 Å². The summed E-state index contributed by atoms with van der Waals surface area (Å²) >= 11 is 0. The number of para-hydroxylation sites is 2. The number of carbonyl (C=O) groups excluding carboxylic acids is 2. The SMILES string of the molecule is CCCOc1ccccc1N1COCC(C(=O)OC)=C1C(=O)OC. The molecule has 130 valence electrons. The smallest absolute Gasteiger partial charge is 0.355 e. The molecule has 0 spiro atoms. The molecule has 1 aliphatic heterocycles. The summed E-state index contributed by atoms with van der Waals surface area (Å²) < 4.78 is 20.8. The fraction of sp³-hybridized carbons (Fsp3) is 0.412. The summed E-state index contributed by atoms with van der Waals surface area (Å²) in [4.78, 5) is 25.8. The van der Waals surface area contributed by atoms with Crippen molar-refractivity contribution in [1.82, 2.24) is 0 Å². The largest absolute Gasteiger partial charge is 0.491 e. The maximum atomic E-state index is 12.3. The molecule has 2 rings (SSSR count). The van der Waals surface area contributed by atoms with Crippen LogP contribution in [0.25, 0.3) is 0 Å². The number of nitrogens with zero attached hydrogens (tertiary/aromatic N) is 1. The molecule has 0 saturated carbocycles. The molecule has 7 nitrogen and oxygen atoms in total. The maximum Gasteiger partial charge on any atom is 0.355 e. The number of hydrogen-bond donors (Lipinski definition) is 0. The van der Waals surface area contributed by atoms with Gasteiger partial charge in [0.05, 0.1) is 38.7 Å². The number of benzene rings is 1. The molecule has 1 heterocycles. The summed E-state index contributed by atoms with van der Waals surface area (Å²) in [5.74, 6) is -0.675. The first-order valence-corrected chi connectivity index (χ1v) is 7.60. The van der Waals surface area contributed by atoms with Crippen LogP contribution in [0.3, 0.4) is 0 Å². The predicted octanol–water partition coefficient (Wildman–Crippen LogP) is 1.87. The van der Waals surface area contributed by atoms with Crippen LogP contribution in [0.2, 0.25) is 0 Å². The van der Waals surface area contributed by atoms with Gasteiger partial charge in [-0.05, 0) is 18.6 Å². The van der Waals surface area contributed by atoms with Gasteiger partial charge in [-0.1, -0.05) is 19.1 Å². The number of hydrogen-bond acceptors (Lipinski definition) is 7. The van der Waals surface area contributed by atoms with Gasteiger partial charge in [-0.25, -0.2) is 9.59 Å². The first-order chi connectivity index (χ1) is 11.6.